The van der Waals surface area contributed by atoms with Crippen molar-refractivity contribution in [1.82, 2.24) is 0 Å². The quantitative estimate of drug-likeness (QED) is 0.773. The lowest BCUT2D eigenvalue weighted by molar-refractivity contribution is 0.423. The Morgan fingerprint density at radius 1 is 1.38 bits per heavy atom. The van der Waals surface area contributed by atoms with Gasteiger partial charge in [0, 0.05) is 24.5 Å². The van der Waals surface area contributed by atoms with Crippen molar-refractivity contribution in [3.05, 3.63) is 23.8 Å². The molecule has 0 aliphatic carbocycles. The summed E-state index contributed by atoms with van der Waals surface area (Å²) in [5, 5.41) is 0. The Kier molecular flexibility index (Phi) is 3.08. The smallest absolute Gasteiger partial charge is 0.0370 e. The standard InChI is InChI=1S/C14H22N2/c1-10(2)12-6-7-16(9-12)13-4-5-14(15)11(3)8-13/h4-5,8,10,12H,6-7,9,15H2,1-3H3. The Hall–Kier alpha value is -1.18. The number of rotatable bonds is 2. The molecule has 1 aliphatic rings. The van der Waals surface area contributed by atoms with Crippen LogP contribution in [0.4, 0.5) is 11.4 Å². The Balaban J connectivity index is 2.11. The average molecular weight is 218 g/mol. The van der Waals surface area contributed by atoms with Gasteiger partial charge in [0.15, 0.2) is 0 Å². The third-order valence-electron chi connectivity index (χ3n) is 3.79. The first-order chi connectivity index (χ1) is 7.58. The van der Waals surface area contributed by atoms with Crippen LogP contribution in [0.25, 0.3) is 0 Å². The minimum atomic E-state index is 0.792. The van der Waals surface area contributed by atoms with E-state index in [9.17, 15) is 0 Å². The van der Waals surface area contributed by atoms with E-state index in [0.717, 1.165) is 17.5 Å². The molecule has 1 saturated heterocycles. The number of nitrogen functional groups attached to an aromatic ring is 1. The van der Waals surface area contributed by atoms with Crippen molar-refractivity contribution in [1.29, 1.82) is 0 Å². The number of nitrogens with zero attached hydrogens (tertiary/aromatic N) is 1. The molecule has 1 fully saturated rings. The summed E-state index contributed by atoms with van der Waals surface area (Å²) < 4.78 is 0. The van der Waals surface area contributed by atoms with Crippen molar-refractivity contribution >= 4 is 11.4 Å². The van der Waals surface area contributed by atoms with Crippen molar-refractivity contribution in [2.24, 2.45) is 11.8 Å². The zero-order valence-corrected chi connectivity index (χ0v) is 10.5. The molecule has 2 heteroatoms. The van der Waals surface area contributed by atoms with Crippen LogP contribution in [-0.2, 0) is 0 Å². The molecule has 88 valence electrons. The highest BCUT2D eigenvalue weighted by molar-refractivity contribution is 5.58. The lowest BCUT2D eigenvalue weighted by Crippen LogP contribution is -2.21. The molecule has 0 aromatic heterocycles. The molecule has 1 aromatic rings. The number of aryl methyl sites for hydroxylation is 1. The second kappa shape index (κ2) is 4.36. The summed E-state index contributed by atoms with van der Waals surface area (Å²) in [5.41, 5.74) is 9.25. The molecule has 2 N–H and O–H groups in total. The van der Waals surface area contributed by atoms with E-state index in [2.05, 4.69) is 37.8 Å². The fourth-order valence-corrected chi connectivity index (χ4v) is 2.42. The van der Waals surface area contributed by atoms with Gasteiger partial charge in [-0.25, -0.2) is 0 Å². The summed E-state index contributed by atoms with van der Waals surface area (Å²) in [5.74, 6) is 1.64. The average Bonchev–Trinajstić information content (AvgIpc) is 2.71. The topological polar surface area (TPSA) is 29.3 Å². The Labute approximate surface area is 98.4 Å². The highest BCUT2D eigenvalue weighted by atomic mass is 15.1. The molecule has 2 nitrogen and oxygen atoms in total. The lowest BCUT2D eigenvalue weighted by atomic mass is 9.95. The summed E-state index contributed by atoms with van der Waals surface area (Å²) in [7, 11) is 0. The van der Waals surface area contributed by atoms with Crippen molar-refractivity contribution in [2.45, 2.75) is 27.2 Å². The van der Waals surface area contributed by atoms with Gasteiger partial charge in [0.1, 0.15) is 0 Å². The summed E-state index contributed by atoms with van der Waals surface area (Å²) in [4.78, 5) is 2.48. The maximum absolute atomic E-state index is 5.84. The molecular formula is C14H22N2. The molecule has 0 spiro atoms. The van der Waals surface area contributed by atoms with Crippen molar-refractivity contribution < 1.29 is 0 Å². The molecule has 1 heterocycles. The lowest BCUT2D eigenvalue weighted by Gasteiger charge is -2.20. The molecular weight excluding hydrogens is 196 g/mol. The Morgan fingerprint density at radius 3 is 2.69 bits per heavy atom. The van der Waals surface area contributed by atoms with Gasteiger partial charge in [-0.1, -0.05) is 13.8 Å². The van der Waals surface area contributed by atoms with Crippen LogP contribution in [0.15, 0.2) is 18.2 Å². The van der Waals surface area contributed by atoms with Crippen LogP contribution in [0.3, 0.4) is 0 Å². The molecule has 0 saturated carbocycles. The first-order valence-corrected chi connectivity index (χ1v) is 6.19. The van der Waals surface area contributed by atoms with E-state index >= 15 is 0 Å². The van der Waals surface area contributed by atoms with Gasteiger partial charge in [0.25, 0.3) is 0 Å². The zero-order chi connectivity index (χ0) is 11.7. The normalized spacial score (nSPS) is 20.8. The van der Waals surface area contributed by atoms with Crippen LogP contribution >= 0.6 is 0 Å². The van der Waals surface area contributed by atoms with Gasteiger partial charge in [0.05, 0.1) is 0 Å². The van der Waals surface area contributed by atoms with Gasteiger partial charge in [-0.2, -0.15) is 0 Å². The van der Waals surface area contributed by atoms with Crippen LogP contribution in [0, 0.1) is 18.8 Å². The third kappa shape index (κ3) is 2.16. The van der Waals surface area contributed by atoms with E-state index < -0.39 is 0 Å². The Bertz CT molecular complexity index is 371. The second-order valence-electron chi connectivity index (χ2n) is 5.28. The molecule has 1 aliphatic heterocycles. The van der Waals surface area contributed by atoms with Gasteiger partial charge >= 0.3 is 0 Å². The first-order valence-electron chi connectivity index (χ1n) is 6.19. The van der Waals surface area contributed by atoms with Crippen LogP contribution < -0.4 is 10.6 Å². The maximum Gasteiger partial charge on any atom is 0.0370 e. The van der Waals surface area contributed by atoms with E-state index in [1.54, 1.807) is 0 Å². The maximum atomic E-state index is 5.84. The van der Waals surface area contributed by atoms with Crippen LogP contribution in [0.2, 0.25) is 0 Å². The highest BCUT2D eigenvalue weighted by Gasteiger charge is 2.24. The fraction of sp³-hybridized carbons (Fsp3) is 0.571. The molecule has 0 radical (unpaired) electrons. The number of hydrogen-bond acceptors (Lipinski definition) is 2. The van der Waals surface area contributed by atoms with Crippen LogP contribution in [-0.4, -0.2) is 13.1 Å². The van der Waals surface area contributed by atoms with Gasteiger partial charge in [-0.3, -0.25) is 0 Å². The predicted molar refractivity (Wildman–Crippen MR) is 70.7 cm³/mol. The molecule has 1 aromatic carbocycles. The molecule has 2 rings (SSSR count). The van der Waals surface area contributed by atoms with E-state index in [-0.39, 0.29) is 0 Å². The molecule has 1 unspecified atom stereocenters. The summed E-state index contributed by atoms with van der Waals surface area (Å²) in [6, 6.07) is 6.37. The van der Waals surface area contributed by atoms with Crippen LogP contribution in [0.1, 0.15) is 25.8 Å². The van der Waals surface area contributed by atoms with E-state index in [1.165, 1.54) is 30.8 Å². The Morgan fingerprint density at radius 2 is 2.12 bits per heavy atom. The monoisotopic (exact) mass is 218 g/mol. The second-order valence-corrected chi connectivity index (χ2v) is 5.28. The van der Waals surface area contributed by atoms with Crippen molar-refractivity contribution in [3.8, 4) is 0 Å². The summed E-state index contributed by atoms with van der Waals surface area (Å²) >= 11 is 0. The SMILES string of the molecule is Cc1cc(N2CCC(C(C)C)C2)ccc1N. The number of anilines is 2. The van der Waals surface area contributed by atoms with E-state index in [1.807, 2.05) is 6.07 Å². The largest absolute Gasteiger partial charge is 0.399 e. The van der Waals surface area contributed by atoms with Crippen molar-refractivity contribution in [3.63, 3.8) is 0 Å². The molecule has 0 amide bonds. The summed E-state index contributed by atoms with van der Waals surface area (Å²) in [6.45, 7) is 9.10. The van der Waals surface area contributed by atoms with Crippen molar-refractivity contribution in [2.75, 3.05) is 23.7 Å². The number of nitrogens with two attached hydrogens (primary N) is 1. The minimum Gasteiger partial charge on any atom is -0.399 e. The number of benzene rings is 1. The molecule has 0 bridgehead atoms. The van der Waals surface area contributed by atoms with Crippen LogP contribution in [0.5, 0.6) is 0 Å². The summed E-state index contributed by atoms with van der Waals surface area (Å²) in [6.07, 6.45) is 1.32. The zero-order valence-electron chi connectivity index (χ0n) is 10.5. The highest BCUT2D eigenvalue weighted by Crippen LogP contribution is 2.29. The van der Waals surface area contributed by atoms with Gasteiger partial charge < -0.3 is 10.6 Å². The van der Waals surface area contributed by atoms with E-state index in [4.69, 9.17) is 5.73 Å². The molecule has 1 atom stereocenters. The van der Waals surface area contributed by atoms with E-state index in [0.29, 0.717) is 0 Å². The van der Waals surface area contributed by atoms with Gasteiger partial charge in [-0.15, -0.1) is 0 Å². The first kappa shape index (κ1) is 11.3. The fourth-order valence-electron chi connectivity index (χ4n) is 2.42. The third-order valence-corrected chi connectivity index (χ3v) is 3.79. The number of hydrogen-bond donors (Lipinski definition) is 1. The minimum absolute atomic E-state index is 0.792. The van der Waals surface area contributed by atoms with Gasteiger partial charge in [0.2, 0.25) is 0 Å². The van der Waals surface area contributed by atoms with Gasteiger partial charge in [-0.05, 0) is 48.9 Å². The predicted octanol–water partition coefficient (Wildman–Crippen LogP) is 3.06. The molecule has 16 heavy (non-hydrogen) atoms.